The van der Waals surface area contributed by atoms with E-state index in [1.165, 1.54) is 12.1 Å². The average Bonchev–Trinajstić information content (AvgIpc) is 2.56. The summed E-state index contributed by atoms with van der Waals surface area (Å²) in [7, 11) is 0. The van der Waals surface area contributed by atoms with E-state index in [-0.39, 0.29) is 5.82 Å². The van der Waals surface area contributed by atoms with E-state index >= 15 is 0 Å². The van der Waals surface area contributed by atoms with Gasteiger partial charge in [-0.2, -0.15) is 0 Å². The largest absolute Gasteiger partial charge is 0.489 e. The number of piperazine rings is 1. The third-order valence-corrected chi connectivity index (χ3v) is 3.31. The highest BCUT2D eigenvalue weighted by Crippen LogP contribution is 2.14. The van der Waals surface area contributed by atoms with Crippen LogP contribution in [0.15, 0.2) is 36.7 Å². The number of hydrogen-bond donors (Lipinski definition) is 1. The van der Waals surface area contributed by atoms with Crippen LogP contribution in [-0.2, 0) is 6.61 Å². The lowest BCUT2D eigenvalue weighted by Gasteiger charge is -2.27. The number of anilines is 1. The van der Waals surface area contributed by atoms with Crippen molar-refractivity contribution in [2.75, 3.05) is 31.1 Å². The first kappa shape index (κ1) is 13.8. The van der Waals surface area contributed by atoms with E-state index in [2.05, 4.69) is 20.2 Å². The number of halogens is 1. The molecule has 0 spiro atoms. The van der Waals surface area contributed by atoms with Crippen molar-refractivity contribution in [1.29, 1.82) is 0 Å². The Balaban J connectivity index is 1.57. The van der Waals surface area contributed by atoms with Gasteiger partial charge in [0.05, 0.1) is 0 Å². The van der Waals surface area contributed by atoms with Crippen LogP contribution < -0.4 is 15.0 Å². The summed E-state index contributed by atoms with van der Waals surface area (Å²) in [5.41, 5.74) is 0.887. The Morgan fingerprint density at radius 2 is 1.76 bits per heavy atom. The molecule has 1 fully saturated rings. The molecular weight excluding hydrogens is 271 g/mol. The lowest BCUT2D eigenvalue weighted by Crippen LogP contribution is -2.44. The second-order valence-corrected chi connectivity index (χ2v) is 4.87. The van der Waals surface area contributed by atoms with Crippen LogP contribution in [0.3, 0.4) is 0 Å². The Bertz CT molecular complexity index is 567. The molecule has 6 heteroatoms. The molecule has 5 nitrogen and oxygen atoms in total. The monoisotopic (exact) mass is 288 g/mol. The van der Waals surface area contributed by atoms with Gasteiger partial charge in [-0.1, -0.05) is 0 Å². The van der Waals surface area contributed by atoms with Crippen LogP contribution in [0.5, 0.6) is 5.75 Å². The van der Waals surface area contributed by atoms with Crippen LogP contribution in [0.1, 0.15) is 5.56 Å². The predicted octanol–water partition coefficient (Wildman–Crippen LogP) is 1.60. The minimum atomic E-state index is -0.272. The average molecular weight is 288 g/mol. The molecule has 3 rings (SSSR count). The maximum atomic E-state index is 12.8. The zero-order valence-corrected chi connectivity index (χ0v) is 11.6. The van der Waals surface area contributed by atoms with Gasteiger partial charge < -0.3 is 15.0 Å². The van der Waals surface area contributed by atoms with Crippen molar-refractivity contribution in [3.63, 3.8) is 0 Å². The number of ether oxygens (including phenoxy) is 1. The molecule has 0 saturated carbocycles. The lowest BCUT2D eigenvalue weighted by atomic mass is 10.3. The van der Waals surface area contributed by atoms with E-state index < -0.39 is 0 Å². The highest BCUT2D eigenvalue weighted by atomic mass is 19.1. The summed E-state index contributed by atoms with van der Waals surface area (Å²) < 4.78 is 18.3. The minimum Gasteiger partial charge on any atom is -0.489 e. The van der Waals surface area contributed by atoms with Gasteiger partial charge in [0, 0.05) is 44.1 Å². The zero-order chi connectivity index (χ0) is 14.5. The number of aromatic nitrogens is 2. The third kappa shape index (κ3) is 3.66. The van der Waals surface area contributed by atoms with E-state index in [4.69, 9.17) is 4.74 Å². The summed E-state index contributed by atoms with van der Waals surface area (Å²) in [6.07, 6.45) is 3.54. The Labute approximate surface area is 122 Å². The Hall–Kier alpha value is -2.21. The van der Waals surface area contributed by atoms with Crippen molar-refractivity contribution in [2.24, 2.45) is 0 Å². The summed E-state index contributed by atoms with van der Waals surface area (Å²) in [5, 5.41) is 3.29. The van der Waals surface area contributed by atoms with Crippen molar-refractivity contribution in [2.45, 2.75) is 6.61 Å². The second-order valence-electron chi connectivity index (χ2n) is 4.87. The highest BCUT2D eigenvalue weighted by Gasteiger charge is 2.12. The normalized spacial score (nSPS) is 15.0. The van der Waals surface area contributed by atoms with Crippen LogP contribution in [0, 0.1) is 5.82 Å². The Morgan fingerprint density at radius 3 is 2.43 bits per heavy atom. The molecule has 0 atom stereocenters. The van der Waals surface area contributed by atoms with Crippen molar-refractivity contribution in [3.05, 3.63) is 48.0 Å². The summed E-state index contributed by atoms with van der Waals surface area (Å²) in [4.78, 5) is 10.9. The van der Waals surface area contributed by atoms with Gasteiger partial charge in [-0.3, -0.25) is 0 Å². The van der Waals surface area contributed by atoms with Gasteiger partial charge in [0.2, 0.25) is 5.95 Å². The van der Waals surface area contributed by atoms with E-state index in [9.17, 15) is 4.39 Å². The molecule has 1 aliphatic heterocycles. The molecular formula is C15H17FN4O. The Morgan fingerprint density at radius 1 is 1.10 bits per heavy atom. The van der Waals surface area contributed by atoms with Crippen LogP contribution in [0.4, 0.5) is 10.3 Å². The molecule has 0 bridgehead atoms. The molecule has 0 radical (unpaired) electrons. The van der Waals surface area contributed by atoms with Gasteiger partial charge >= 0.3 is 0 Å². The van der Waals surface area contributed by atoms with Gasteiger partial charge in [-0.15, -0.1) is 0 Å². The van der Waals surface area contributed by atoms with Crippen LogP contribution in [0.25, 0.3) is 0 Å². The molecule has 1 aromatic heterocycles. The number of hydrogen-bond acceptors (Lipinski definition) is 5. The number of nitrogens with one attached hydrogen (secondary N) is 1. The van der Waals surface area contributed by atoms with Crippen LogP contribution in [-0.4, -0.2) is 36.1 Å². The van der Waals surface area contributed by atoms with Gasteiger partial charge in [-0.05, 0) is 24.3 Å². The van der Waals surface area contributed by atoms with Crippen molar-refractivity contribution in [3.8, 4) is 5.75 Å². The van der Waals surface area contributed by atoms with E-state index in [1.807, 2.05) is 0 Å². The first-order valence-corrected chi connectivity index (χ1v) is 6.96. The first-order valence-electron chi connectivity index (χ1n) is 6.96. The molecule has 110 valence electrons. The van der Waals surface area contributed by atoms with E-state index in [1.54, 1.807) is 24.5 Å². The topological polar surface area (TPSA) is 50.3 Å². The highest BCUT2D eigenvalue weighted by molar-refractivity contribution is 5.30. The summed E-state index contributed by atoms with van der Waals surface area (Å²) in [6, 6.07) is 5.95. The smallest absolute Gasteiger partial charge is 0.225 e. The second kappa shape index (κ2) is 6.49. The fraction of sp³-hybridized carbons (Fsp3) is 0.333. The molecule has 1 N–H and O–H groups in total. The van der Waals surface area contributed by atoms with Gasteiger partial charge in [0.1, 0.15) is 18.2 Å². The summed E-state index contributed by atoms with van der Waals surface area (Å²) in [5.74, 6) is 1.11. The number of nitrogens with zero attached hydrogens (tertiary/aromatic N) is 3. The molecule has 21 heavy (non-hydrogen) atoms. The molecule has 0 aliphatic carbocycles. The quantitative estimate of drug-likeness (QED) is 0.926. The first-order chi connectivity index (χ1) is 10.3. The summed E-state index contributed by atoms with van der Waals surface area (Å²) >= 11 is 0. The number of rotatable bonds is 4. The van der Waals surface area contributed by atoms with E-state index in [0.29, 0.717) is 12.4 Å². The SMILES string of the molecule is Fc1ccc(OCc2cnc(N3CCNCC3)nc2)cc1. The fourth-order valence-corrected chi connectivity index (χ4v) is 2.15. The predicted molar refractivity (Wildman–Crippen MR) is 77.8 cm³/mol. The lowest BCUT2D eigenvalue weighted by molar-refractivity contribution is 0.304. The standard InChI is InChI=1S/C15H17FN4O/c16-13-1-3-14(4-2-13)21-11-12-9-18-15(19-10-12)20-7-5-17-6-8-20/h1-4,9-10,17H,5-8,11H2. The maximum Gasteiger partial charge on any atom is 0.225 e. The van der Waals surface area contributed by atoms with Crippen molar-refractivity contribution in [1.82, 2.24) is 15.3 Å². The van der Waals surface area contributed by atoms with Gasteiger partial charge in [-0.25, -0.2) is 14.4 Å². The molecule has 0 amide bonds. The van der Waals surface area contributed by atoms with E-state index in [0.717, 1.165) is 37.7 Å². The third-order valence-electron chi connectivity index (χ3n) is 3.31. The minimum absolute atomic E-state index is 0.272. The van der Waals surface area contributed by atoms with Crippen molar-refractivity contribution >= 4 is 5.95 Å². The summed E-state index contributed by atoms with van der Waals surface area (Å²) in [6.45, 7) is 4.13. The molecule has 1 saturated heterocycles. The molecule has 0 unspecified atom stereocenters. The Kier molecular flexibility index (Phi) is 4.25. The van der Waals surface area contributed by atoms with Gasteiger partial charge in [0.25, 0.3) is 0 Å². The molecule has 1 aromatic carbocycles. The maximum absolute atomic E-state index is 12.8. The van der Waals surface area contributed by atoms with Crippen LogP contribution >= 0.6 is 0 Å². The molecule has 2 aromatic rings. The van der Waals surface area contributed by atoms with Gasteiger partial charge in [0.15, 0.2) is 0 Å². The zero-order valence-electron chi connectivity index (χ0n) is 11.6. The molecule has 2 heterocycles. The van der Waals surface area contributed by atoms with Crippen molar-refractivity contribution < 1.29 is 9.13 Å². The molecule has 1 aliphatic rings. The van der Waals surface area contributed by atoms with Crippen LogP contribution in [0.2, 0.25) is 0 Å². The number of benzene rings is 1. The fourth-order valence-electron chi connectivity index (χ4n) is 2.15.